The van der Waals surface area contributed by atoms with Crippen LogP contribution in [0.15, 0.2) is 54.1 Å². The summed E-state index contributed by atoms with van der Waals surface area (Å²) in [5.41, 5.74) is 2.06. The van der Waals surface area contributed by atoms with E-state index in [1.807, 2.05) is 36.4 Å². The fourth-order valence-corrected chi connectivity index (χ4v) is 11.0. The monoisotopic (exact) mass is 542 g/mol. The Kier molecular flexibility index (Phi) is 6.41. The first-order chi connectivity index (χ1) is 18.8. The van der Waals surface area contributed by atoms with Gasteiger partial charge in [-0.15, -0.1) is 0 Å². The number of fused-ring (bicyclic) bond motifs is 7. The van der Waals surface area contributed by atoms with E-state index in [-0.39, 0.29) is 33.5 Å². The molecule has 0 aliphatic heterocycles. The Morgan fingerprint density at radius 3 is 2.38 bits per heavy atom. The van der Waals surface area contributed by atoms with Crippen LogP contribution in [0.4, 0.5) is 0 Å². The Balaban J connectivity index is 1.39. The first-order valence-electron chi connectivity index (χ1n) is 16.0. The van der Waals surface area contributed by atoms with E-state index in [0.29, 0.717) is 36.1 Å². The van der Waals surface area contributed by atoms with Crippen LogP contribution in [0.1, 0.15) is 99.0 Å². The molecule has 9 atom stereocenters. The molecule has 0 bridgehead atoms. The molecule has 3 nitrogen and oxygen atoms in total. The van der Waals surface area contributed by atoms with Crippen molar-refractivity contribution in [3.05, 3.63) is 59.7 Å². The third-order valence-electron chi connectivity index (χ3n) is 13.9. The van der Waals surface area contributed by atoms with Crippen molar-refractivity contribution >= 4 is 11.8 Å². The quantitative estimate of drug-likeness (QED) is 0.283. The maximum atomic E-state index is 14.2. The highest BCUT2D eigenvalue weighted by molar-refractivity contribution is 5.95. The lowest BCUT2D eigenvalue weighted by molar-refractivity contribution is -0.182. The van der Waals surface area contributed by atoms with Gasteiger partial charge < -0.3 is 4.74 Å². The molecule has 5 aliphatic rings. The van der Waals surface area contributed by atoms with Crippen molar-refractivity contribution in [2.45, 2.75) is 100 Å². The van der Waals surface area contributed by atoms with Crippen LogP contribution in [0.2, 0.25) is 0 Å². The van der Waals surface area contributed by atoms with Crippen molar-refractivity contribution in [3.63, 3.8) is 0 Å². The summed E-state index contributed by atoms with van der Waals surface area (Å²) in [5.74, 6) is 2.46. The number of ketones is 1. The smallest absolute Gasteiger partial charge is 0.313 e. The normalized spacial score (nSPS) is 45.3. The molecule has 0 aromatic heterocycles. The minimum Gasteiger partial charge on any atom is -0.460 e. The van der Waals surface area contributed by atoms with E-state index in [9.17, 15) is 9.59 Å². The number of carbonyl (C=O) groups excluding carboxylic acids is 2. The average Bonchev–Trinajstić information content (AvgIpc) is 2.92. The lowest BCUT2D eigenvalue weighted by atomic mass is 9.34. The Morgan fingerprint density at radius 1 is 0.925 bits per heavy atom. The summed E-state index contributed by atoms with van der Waals surface area (Å²) in [6.07, 6.45) is 14.1. The third-order valence-corrected chi connectivity index (χ3v) is 13.9. The van der Waals surface area contributed by atoms with Crippen LogP contribution in [-0.2, 0) is 20.9 Å². The van der Waals surface area contributed by atoms with Gasteiger partial charge in [-0.3, -0.25) is 9.59 Å². The molecule has 40 heavy (non-hydrogen) atoms. The van der Waals surface area contributed by atoms with Gasteiger partial charge in [0.05, 0.1) is 5.41 Å². The van der Waals surface area contributed by atoms with Crippen LogP contribution >= 0.6 is 0 Å². The summed E-state index contributed by atoms with van der Waals surface area (Å²) in [4.78, 5) is 27.1. The highest BCUT2D eigenvalue weighted by atomic mass is 16.5. The van der Waals surface area contributed by atoms with Gasteiger partial charge >= 0.3 is 5.97 Å². The minimum atomic E-state index is -0.421. The second-order valence-corrected chi connectivity index (χ2v) is 15.6. The fraction of sp³-hybridized carbons (Fsp3) is 0.676. The van der Waals surface area contributed by atoms with E-state index in [1.165, 1.54) is 0 Å². The molecule has 1 aromatic carbocycles. The lowest BCUT2D eigenvalue weighted by Crippen LogP contribution is -2.64. The predicted molar refractivity (Wildman–Crippen MR) is 160 cm³/mol. The maximum Gasteiger partial charge on any atom is 0.313 e. The van der Waals surface area contributed by atoms with E-state index in [1.54, 1.807) is 5.57 Å². The first-order valence-corrected chi connectivity index (χ1v) is 16.0. The molecule has 0 amide bonds. The lowest BCUT2D eigenvalue weighted by Gasteiger charge is -2.70. The third kappa shape index (κ3) is 3.61. The maximum absolute atomic E-state index is 14.2. The van der Waals surface area contributed by atoms with Gasteiger partial charge in [-0.2, -0.15) is 0 Å². The number of ether oxygens (including phenoxy) is 1. The Morgan fingerprint density at radius 2 is 1.65 bits per heavy atom. The van der Waals surface area contributed by atoms with Gasteiger partial charge in [-0.05, 0) is 102 Å². The van der Waals surface area contributed by atoms with Crippen LogP contribution in [0.25, 0.3) is 0 Å². The van der Waals surface area contributed by atoms with Gasteiger partial charge in [0.15, 0.2) is 5.78 Å². The number of hydrogen-bond donors (Lipinski definition) is 0. The Bertz CT molecular complexity index is 1260. The molecule has 0 radical (unpaired) electrons. The molecule has 3 unspecified atom stereocenters. The topological polar surface area (TPSA) is 43.4 Å². The number of hydrogen-bond acceptors (Lipinski definition) is 3. The highest BCUT2D eigenvalue weighted by Gasteiger charge is 2.69. The molecular formula is C37H50O3. The van der Waals surface area contributed by atoms with E-state index < -0.39 is 5.41 Å². The van der Waals surface area contributed by atoms with Gasteiger partial charge in [0.1, 0.15) is 6.61 Å². The summed E-state index contributed by atoms with van der Waals surface area (Å²) < 4.78 is 6.17. The van der Waals surface area contributed by atoms with Gasteiger partial charge in [-0.25, -0.2) is 0 Å². The van der Waals surface area contributed by atoms with Gasteiger partial charge in [0, 0.05) is 5.41 Å². The second-order valence-electron chi connectivity index (χ2n) is 15.6. The summed E-state index contributed by atoms with van der Waals surface area (Å²) >= 11 is 0. The number of esters is 1. The molecular weight excluding hydrogens is 492 g/mol. The van der Waals surface area contributed by atoms with Crippen molar-refractivity contribution in [2.75, 3.05) is 0 Å². The van der Waals surface area contributed by atoms with Gasteiger partial charge in [-0.1, -0.05) is 96.5 Å². The van der Waals surface area contributed by atoms with Crippen molar-refractivity contribution < 1.29 is 14.3 Å². The number of allylic oxidation sites excluding steroid dienone is 4. The predicted octanol–water partition coefficient (Wildman–Crippen LogP) is 8.73. The standard InChI is InChI=1S/C37H50O3/c1-24-15-20-37(32(39)40-23-26-11-9-8-10-12-26)22-21-35(6)27(31(37)25(24)2)13-14-29-34(5)18-17-30(38)33(3,4)28(34)16-19-36(29,35)7/h8-13,17-18,24-25,28-29,31H,14-16,19-23H2,1-7H3/t24-,25+,28?,29?,31?,34+,35-,36-,37+/m1/s1. The van der Waals surface area contributed by atoms with Gasteiger partial charge in [0.25, 0.3) is 0 Å². The molecule has 0 spiro atoms. The molecule has 6 rings (SSSR count). The molecule has 0 saturated heterocycles. The number of rotatable bonds is 3. The second kappa shape index (κ2) is 9.17. The zero-order valence-electron chi connectivity index (χ0n) is 25.9. The van der Waals surface area contributed by atoms with Crippen molar-refractivity contribution in [1.82, 2.24) is 0 Å². The van der Waals surface area contributed by atoms with Crippen molar-refractivity contribution in [1.29, 1.82) is 0 Å². The number of carbonyl (C=O) groups is 2. The highest BCUT2D eigenvalue weighted by Crippen LogP contribution is 2.75. The van der Waals surface area contributed by atoms with Gasteiger partial charge in [0.2, 0.25) is 0 Å². The first kappa shape index (κ1) is 28.0. The molecule has 216 valence electrons. The van der Waals surface area contributed by atoms with Crippen molar-refractivity contribution in [2.24, 2.45) is 56.7 Å². The molecule has 3 heteroatoms. The minimum absolute atomic E-state index is 0.00404. The van der Waals surface area contributed by atoms with Crippen LogP contribution in [0.3, 0.4) is 0 Å². The Hall–Kier alpha value is -2.16. The average molecular weight is 543 g/mol. The zero-order chi connectivity index (χ0) is 28.7. The van der Waals surface area contributed by atoms with E-state index in [2.05, 4.69) is 60.6 Å². The SMILES string of the molecule is C[C@@H]1CC[C@]2(C(=O)OCc3ccccc3)CC[C@]3(C)C(=CCC4[C@@]5(C)C=CC(=O)C(C)(C)C5CC[C@]43C)C2[C@H]1C. The molecule has 3 saturated carbocycles. The molecule has 5 aliphatic carbocycles. The molecule has 3 fully saturated rings. The number of benzene rings is 1. The fourth-order valence-electron chi connectivity index (χ4n) is 11.0. The van der Waals surface area contributed by atoms with E-state index in [4.69, 9.17) is 4.74 Å². The molecule has 1 aromatic rings. The van der Waals surface area contributed by atoms with Crippen molar-refractivity contribution in [3.8, 4) is 0 Å². The summed E-state index contributed by atoms with van der Waals surface area (Å²) in [6.45, 7) is 17.1. The Labute approximate surface area is 242 Å². The zero-order valence-corrected chi connectivity index (χ0v) is 25.9. The summed E-state index contributed by atoms with van der Waals surface area (Å²) in [5, 5.41) is 0. The van der Waals surface area contributed by atoms with E-state index in [0.717, 1.165) is 50.5 Å². The molecule has 0 heterocycles. The summed E-state index contributed by atoms with van der Waals surface area (Å²) in [7, 11) is 0. The van der Waals surface area contributed by atoms with Crippen LogP contribution in [0.5, 0.6) is 0 Å². The van der Waals surface area contributed by atoms with Crippen LogP contribution in [0, 0.1) is 56.7 Å². The van der Waals surface area contributed by atoms with Crippen LogP contribution < -0.4 is 0 Å². The summed E-state index contributed by atoms with van der Waals surface area (Å²) in [6, 6.07) is 10.1. The largest absolute Gasteiger partial charge is 0.460 e. The molecule has 0 N–H and O–H groups in total. The van der Waals surface area contributed by atoms with Crippen LogP contribution in [-0.4, -0.2) is 11.8 Å². The van der Waals surface area contributed by atoms with E-state index >= 15 is 0 Å².